The van der Waals surface area contributed by atoms with Crippen LogP contribution in [0.2, 0.25) is 0 Å². The van der Waals surface area contributed by atoms with Crippen LogP contribution in [0.15, 0.2) is 24.4 Å². The number of nitrogens with zero attached hydrogens (tertiary/aromatic N) is 3. The number of pyridine rings is 1. The van der Waals surface area contributed by atoms with Crippen LogP contribution in [0.3, 0.4) is 0 Å². The van der Waals surface area contributed by atoms with Gasteiger partial charge in [0.05, 0.1) is 6.04 Å². The fraction of sp³-hybridized carbons (Fsp3) is 0.500. The summed E-state index contributed by atoms with van der Waals surface area (Å²) in [6, 6.07) is 5.46. The van der Waals surface area contributed by atoms with Gasteiger partial charge in [0.1, 0.15) is 5.82 Å². The van der Waals surface area contributed by atoms with Crippen molar-refractivity contribution < 1.29 is 4.79 Å². The molecule has 7 heteroatoms. The lowest BCUT2D eigenvalue weighted by Gasteiger charge is -2.36. The first kappa shape index (κ1) is 18.0. The normalized spacial score (nSPS) is 16.1. The molecule has 1 aliphatic heterocycles. The summed E-state index contributed by atoms with van der Waals surface area (Å²) in [6.45, 7) is 4.80. The number of halogens is 2. The summed E-state index contributed by atoms with van der Waals surface area (Å²) in [5, 5.41) is 0. The highest BCUT2D eigenvalue weighted by molar-refractivity contribution is 5.85. The third-order valence-electron chi connectivity index (χ3n) is 2.95. The van der Waals surface area contributed by atoms with Crippen LogP contribution in [0.4, 0.5) is 5.82 Å². The summed E-state index contributed by atoms with van der Waals surface area (Å²) in [5.41, 5.74) is 5.60. The predicted octanol–water partition coefficient (Wildman–Crippen LogP) is 0.921. The molecule has 1 aliphatic rings. The third-order valence-corrected chi connectivity index (χ3v) is 2.95. The van der Waals surface area contributed by atoms with E-state index in [2.05, 4.69) is 9.88 Å². The van der Waals surface area contributed by atoms with Crippen molar-refractivity contribution in [3.63, 3.8) is 0 Å². The van der Waals surface area contributed by atoms with Gasteiger partial charge in [-0.05, 0) is 19.1 Å². The number of carbonyl (C=O) groups excluding carboxylic acids is 1. The number of rotatable bonds is 2. The summed E-state index contributed by atoms with van der Waals surface area (Å²) in [6.07, 6.45) is 1.79. The molecule has 0 unspecified atom stereocenters. The van der Waals surface area contributed by atoms with Crippen LogP contribution in [0.5, 0.6) is 0 Å². The van der Waals surface area contributed by atoms with Crippen LogP contribution in [0, 0.1) is 0 Å². The van der Waals surface area contributed by atoms with E-state index in [1.807, 2.05) is 23.1 Å². The lowest BCUT2D eigenvalue weighted by molar-refractivity contribution is -0.132. The number of anilines is 1. The summed E-state index contributed by atoms with van der Waals surface area (Å²) in [4.78, 5) is 20.0. The van der Waals surface area contributed by atoms with Crippen molar-refractivity contribution >= 4 is 36.5 Å². The Labute approximate surface area is 126 Å². The maximum Gasteiger partial charge on any atom is 0.239 e. The molecule has 1 atom stereocenters. The van der Waals surface area contributed by atoms with E-state index in [4.69, 9.17) is 5.73 Å². The molecule has 1 aromatic rings. The quantitative estimate of drug-likeness (QED) is 0.882. The lowest BCUT2D eigenvalue weighted by atomic mass is 10.2. The Kier molecular flexibility index (Phi) is 7.75. The SMILES string of the molecule is C[C@H](N)C(=O)N1CCN(c2ccccn2)CC1.Cl.Cl. The van der Waals surface area contributed by atoms with Crippen molar-refractivity contribution in [3.05, 3.63) is 24.4 Å². The van der Waals surface area contributed by atoms with Crippen LogP contribution in [0.25, 0.3) is 0 Å². The van der Waals surface area contributed by atoms with E-state index in [0.29, 0.717) is 0 Å². The van der Waals surface area contributed by atoms with Gasteiger partial charge in [-0.25, -0.2) is 4.98 Å². The van der Waals surface area contributed by atoms with Gasteiger partial charge in [0.25, 0.3) is 0 Å². The fourth-order valence-corrected chi connectivity index (χ4v) is 1.98. The zero-order valence-electron chi connectivity index (χ0n) is 10.9. The van der Waals surface area contributed by atoms with Crippen molar-refractivity contribution in [1.82, 2.24) is 9.88 Å². The van der Waals surface area contributed by atoms with E-state index in [1.54, 1.807) is 13.1 Å². The Morgan fingerprint density at radius 3 is 2.37 bits per heavy atom. The fourth-order valence-electron chi connectivity index (χ4n) is 1.98. The van der Waals surface area contributed by atoms with Crippen molar-refractivity contribution in [2.75, 3.05) is 31.1 Å². The maximum absolute atomic E-state index is 11.7. The first-order chi connectivity index (χ1) is 8.18. The van der Waals surface area contributed by atoms with Crippen molar-refractivity contribution in [2.45, 2.75) is 13.0 Å². The molecule has 0 saturated carbocycles. The Bertz CT molecular complexity index is 381. The van der Waals surface area contributed by atoms with Gasteiger partial charge in [0, 0.05) is 32.4 Å². The zero-order chi connectivity index (χ0) is 12.3. The van der Waals surface area contributed by atoms with Gasteiger partial charge in [-0.2, -0.15) is 0 Å². The van der Waals surface area contributed by atoms with Gasteiger partial charge in [-0.1, -0.05) is 6.07 Å². The highest BCUT2D eigenvalue weighted by Gasteiger charge is 2.23. The molecule has 2 heterocycles. The third kappa shape index (κ3) is 4.53. The highest BCUT2D eigenvalue weighted by Crippen LogP contribution is 2.12. The molecular weight excluding hydrogens is 287 g/mol. The molecule has 0 radical (unpaired) electrons. The number of nitrogens with two attached hydrogens (primary N) is 1. The molecular formula is C12H20Cl2N4O. The Morgan fingerprint density at radius 1 is 1.26 bits per heavy atom. The monoisotopic (exact) mass is 306 g/mol. The number of amides is 1. The van der Waals surface area contributed by atoms with Crippen LogP contribution < -0.4 is 10.6 Å². The van der Waals surface area contributed by atoms with Gasteiger partial charge >= 0.3 is 0 Å². The van der Waals surface area contributed by atoms with E-state index < -0.39 is 6.04 Å². The Balaban J connectivity index is 0.00000162. The van der Waals surface area contributed by atoms with E-state index in [1.165, 1.54) is 0 Å². The summed E-state index contributed by atoms with van der Waals surface area (Å²) in [5.74, 6) is 1.01. The maximum atomic E-state index is 11.7. The average Bonchev–Trinajstić information content (AvgIpc) is 2.39. The molecule has 19 heavy (non-hydrogen) atoms. The van der Waals surface area contributed by atoms with Crippen LogP contribution in [-0.2, 0) is 4.79 Å². The van der Waals surface area contributed by atoms with E-state index in [0.717, 1.165) is 32.0 Å². The van der Waals surface area contributed by atoms with Crippen molar-refractivity contribution in [3.8, 4) is 0 Å². The molecule has 1 saturated heterocycles. The molecule has 1 aromatic heterocycles. The minimum atomic E-state index is -0.406. The number of carbonyl (C=O) groups is 1. The molecule has 0 spiro atoms. The highest BCUT2D eigenvalue weighted by atomic mass is 35.5. The molecule has 0 bridgehead atoms. The molecule has 0 aliphatic carbocycles. The second kappa shape index (κ2) is 8.19. The van der Waals surface area contributed by atoms with Gasteiger partial charge in [0.2, 0.25) is 5.91 Å². The van der Waals surface area contributed by atoms with Crippen LogP contribution in [-0.4, -0.2) is 48.0 Å². The minimum Gasteiger partial charge on any atom is -0.353 e. The lowest BCUT2D eigenvalue weighted by Crippen LogP contribution is -2.52. The van der Waals surface area contributed by atoms with E-state index >= 15 is 0 Å². The van der Waals surface area contributed by atoms with Gasteiger partial charge in [-0.15, -0.1) is 24.8 Å². The summed E-state index contributed by atoms with van der Waals surface area (Å²) >= 11 is 0. The second-order valence-electron chi connectivity index (χ2n) is 4.29. The largest absolute Gasteiger partial charge is 0.353 e. The zero-order valence-corrected chi connectivity index (χ0v) is 12.5. The second-order valence-corrected chi connectivity index (χ2v) is 4.29. The average molecular weight is 307 g/mol. The smallest absolute Gasteiger partial charge is 0.239 e. The summed E-state index contributed by atoms with van der Waals surface area (Å²) in [7, 11) is 0. The number of hydrogen-bond donors (Lipinski definition) is 1. The Morgan fingerprint density at radius 2 is 1.89 bits per heavy atom. The Hall–Kier alpha value is -1.04. The van der Waals surface area contributed by atoms with Crippen LogP contribution in [0.1, 0.15) is 6.92 Å². The van der Waals surface area contributed by atoms with E-state index in [-0.39, 0.29) is 30.7 Å². The topological polar surface area (TPSA) is 62.5 Å². The molecule has 0 aromatic carbocycles. The van der Waals surface area contributed by atoms with Gasteiger partial charge in [-0.3, -0.25) is 4.79 Å². The van der Waals surface area contributed by atoms with Gasteiger partial charge in [0.15, 0.2) is 0 Å². The predicted molar refractivity (Wildman–Crippen MR) is 81.2 cm³/mol. The molecule has 1 amide bonds. The van der Waals surface area contributed by atoms with Gasteiger partial charge < -0.3 is 15.5 Å². The van der Waals surface area contributed by atoms with Crippen LogP contribution >= 0.6 is 24.8 Å². The number of aromatic nitrogens is 1. The summed E-state index contributed by atoms with van der Waals surface area (Å²) < 4.78 is 0. The molecule has 2 rings (SSSR count). The first-order valence-electron chi connectivity index (χ1n) is 5.89. The molecule has 5 nitrogen and oxygen atoms in total. The molecule has 108 valence electrons. The number of hydrogen-bond acceptors (Lipinski definition) is 4. The molecule has 1 fully saturated rings. The standard InChI is InChI=1S/C12H18N4O.2ClH/c1-10(13)12(17)16-8-6-15(7-9-16)11-4-2-3-5-14-11;;/h2-5,10H,6-9,13H2,1H3;2*1H/t10-;;/m0../s1. The minimum absolute atomic E-state index is 0. The van der Waals surface area contributed by atoms with Crippen molar-refractivity contribution in [2.24, 2.45) is 5.73 Å². The van der Waals surface area contributed by atoms with Crippen molar-refractivity contribution in [1.29, 1.82) is 0 Å². The number of piperazine rings is 1. The first-order valence-corrected chi connectivity index (χ1v) is 5.89. The molecule has 2 N–H and O–H groups in total. The van der Waals surface area contributed by atoms with E-state index in [9.17, 15) is 4.79 Å².